The second-order valence-electron chi connectivity index (χ2n) is 11.1. The fraction of sp³-hybridized carbons (Fsp3) is 0.654. The summed E-state index contributed by atoms with van der Waals surface area (Å²) in [6.45, 7) is 1.68. The number of aromatic amines is 1. The molecule has 37 heavy (non-hydrogen) atoms. The lowest BCUT2D eigenvalue weighted by Crippen LogP contribution is -2.38. The molecule has 2 amide bonds. The van der Waals surface area contributed by atoms with Crippen molar-refractivity contribution in [2.24, 2.45) is 17.3 Å². The first-order chi connectivity index (χ1) is 17.3. The Balaban J connectivity index is 1.32. The Labute approximate surface area is 211 Å². The number of hydrogen-bond donors (Lipinski definition) is 3. The molecule has 0 bridgehead atoms. The van der Waals surface area contributed by atoms with E-state index in [-0.39, 0.29) is 48.8 Å². The van der Waals surface area contributed by atoms with Crippen molar-refractivity contribution >= 4 is 22.8 Å². The molecule has 1 aromatic heterocycles. The van der Waals surface area contributed by atoms with E-state index in [2.05, 4.69) is 20.6 Å². The predicted molar refractivity (Wildman–Crippen MR) is 126 cm³/mol. The lowest BCUT2D eigenvalue weighted by molar-refractivity contribution is -0.144. The van der Waals surface area contributed by atoms with Crippen LogP contribution in [0, 0.1) is 17.3 Å². The maximum Gasteiger partial charge on any atom is 0.389 e. The Morgan fingerprint density at radius 1 is 1.14 bits per heavy atom. The Bertz CT molecular complexity index is 1180. The lowest BCUT2D eigenvalue weighted by Gasteiger charge is -2.33. The predicted octanol–water partition coefficient (Wildman–Crippen LogP) is 5.87. The SMILES string of the molecule is C[C@@H](NC(=O)CCC(F)(F)F)c1ccc2[nH]c([C@@H](NC(=O)C3CC34CC4)C3CCC(F)(F)CC3)nc2c1. The largest absolute Gasteiger partial charge is 0.389 e. The third kappa shape index (κ3) is 5.90. The Kier molecular flexibility index (Phi) is 6.47. The van der Waals surface area contributed by atoms with Crippen LogP contribution in [0.3, 0.4) is 0 Å². The lowest BCUT2D eigenvalue weighted by atomic mass is 9.81. The van der Waals surface area contributed by atoms with Gasteiger partial charge in [-0.05, 0) is 68.1 Å². The van der Waals surface area contributed by atoms with Gasteiger partial charge in [-0.15, -0.1) is 0 Å². The summed E-state index contributed by atoms with van der Waals surface area (Å²) in [7, 11) is 0. The number of alkyl halides is 5. The number of amides is 2. The van der Waals surface area contributed by atoms with E-state index in [4.69, 9.17) is 0 Å². The van der Waals surface area contributed by atoms with E-state index in [1.807, 2.05) is 0 Å². The van der Waals surface area contributed by atoms with Crippen LogP contribution in [0.1, 0.15) is 88.2 Å². The molecule has 202 valence electrons. The molecule has 1 heterocycles. The molecule has 3 fully saturated rings. The first-order valence-corrected chi connectivity index (χ1v) is 12.9. The number of carbonyl (C=O) groups is 2. The zero-order chi connectivity index (χ0) is 26.6. The van der Waals surface area contributed by atoms with Crippen LogP contribution in [0.15, 0.2) is 18.2 Å². The van der Waals surface area contributed by atoms with Crippen molar-refractivity contribution in [1.29, 1.82) is 0 Å². The first kappa shape index (κ1) is 25.9. The summed E-state index contributed by atoms with van der Waals surface area (Å²) in [5.41, 5.74) is 2.07. The number of halogens is 5. The van der Waals surface area contributed by atoms with Gasteiger partial charge in [0.1, 0.15) is 5.82 Å². The molecule has 3 atom stereocenters. The van der Waals surface area contributed by atoms with E-state index >= 15 is 0 Å². The van der Waals surface area contributed by atoms with Gasteiger partial charge in [0, 0.05) is 25.2 Å². The first-order valence-electron chi connectivity index (χ1n) is 12.9. The van der Waals surface area contributed by atoms with Crippen LogP contribution < -0.4 is 10.6 Å². The molecule has 1 spiro atoms. The van der Waals surface area contributed by atoms with Crippen molar-refractivity contribution in [2.45, 2.75) is 88.9 Å². The highest BCUT2D eigenvalue weighted by atomic mass is 19.4. The molecule has 3 N–H and O–H groups in total. The van der Waals surface area contributed by atoms with E-state index in [1.165, 1.54) is 0 Å². The quantitative estimate of drug-likeness (QED) is 0.376. The minimum absolute atomic E-state index is 0.0159. The van der Waals surface area contributed by atoms with Crippen molar-refractivity contribution in [1.82, 2.24) is 20.6 Å². The molecule has 3 saturated carbocycles. The summed E-state index contributed by atoms with van der Waals surface area (Å²) < 4.78 is 64.9. The van der Waals surface area contributed by atoms with Crippen LogP contribution in [-0.2, 0) is 9.59 Å². The molecule has 2 aromatic rings. The molecule has 0 radical (unpaired) electrons. The number of nitrogens with one attached hydrogen (secondary N) is 3. The average molecular weight is 527 g/mol. The summed E-state index contributed by atoms with van der Waals surface area (Å²) >= 11 is 0. The van der Waals surface area contributed by atoms with Crippen LogP contribution in [-0.4, -0.2) is 33.9 Å². The van der Waals surface area contributed by atoms with Gasteiger partial charge in [0.15, 0.2) is 0 Å². The molecular formula is C26H31F5N4O2. The highest BCUT2D eigenvalue weighted by Crippen LogP contribution is 2.70. The van der Waals surface area contributed by atoms with E-state index in [9.17, 15) is 31.5 Å². The third-order valence-electron chi connectivity index (χ3n) is 8.26. The van der Waals surface area contributed by atoms with Gasteiger partial charge >= 0.3 is 6.18 Å². The Morgan fingerprint density at radius 2 is 1.84 bits per heavy atom. The molecule has 0 saturated heterocycles. The standard InChI is InChI=1S/C26H31F5N4O2/c1-14(32-20(36)6-9-26(29,30)31)16-2-3-18-19(12-16)34-22(33-18)21(15-4-7-25(27,28)8-5-15)35-23(37)17-13-24(17)10-11-24/h2-3,12,14-15,17,21H,4-11,13H2,1H3,(H,32,36)(H,33,34)(H,35,37)/t14-,17?,21+/m1/s1. The average Bonchev–Trinajstić information content (AvgIpc) is 3.72. The number of H-pyrrole nitrogens is 1. The Hall–Kier alpha value is -2.72. The number of aromatic nitrogens is 2. The van der Waals surface area contributed by atoms with Crippen molar-refractivity contribution < 1.29 is 31.5 Å². The number of benzene rings is 1. The van der Waals surface area contributed by atoms with E-state index in [0.717, 1.165) is 19.3 Å². The van der Waals surface area contributed by atoms with Gasteiger partial charge < -0.3 is 15.6 Å². The van der Waals surface area contributed by atoms with E-state index < -0.39 is 42.9 Å². The smallest absolute Gasteiger partial charge is 0.350 e. The fourth-order valence-corrected chi connectivity index (χ4v) is 5.60. The summed E-state index contributed by atoms with van der Waals surface area (Å²) in [6.07, 6.45) is -3.14. The maximum absolute atomic E-state index is 13.8. The topological polar surface area (TPSA) is 86.9 Å². The van der Waals surface area contributed by atoms with Crippen molar-refractivity contribution in [3.63, 3.8) is 0 Å². The molecule has 5 rings (SSSR count). The van der Waals surface area contributed by atoms with Crippen molar-refractivity contribution in [2.75, 3.05) is 0 Å². The number of fused-ring (bicyclic) bond motifs is 1. The number of carbonyl (C=O) groups excluding carboxylic acids is 2. The normalized spacial score (nSPS) is 24.0. The van der Waals surface area contributed by atoms with Gasteiger partial charge in [-0.1, -0.05) is 6.07 Å². The maximum atomic E-state index is 13.8. The second-order valence-corrected chi connectivity index (χ2v) is 11.1. The zero-order valence-corrected chi connectivity index (χ0v) is 20.6. The molecule has 1 aromatic carbocycles. The second kappa shape index (κ2) is 9.23. The molecule has 0 aliphatic heterocycles. The molecule has 1 unspecified atom stereocenters. The molecule has 11 heteroatoms. The molecule has 6 nitrogen and oxygen atoms in total. The minimum Gasteiger partial charge on any atom is -0.350 e. The van der Waals surface area contributed by atoms with Crippen LogP contribution in [0.5, 0.6) is 0 Å². The number of nitrogens with zero attached hydrogens (tertiary/aromatic N) is 1. The van der Waals surface area contributed by atoms with Crippen molar-refractivity contribution in [3.8, 4) is 0 Å². The number of rotatable bonds is 8. The van der Waals surface area contributed by atoms with Crippen LogP contribution >= 0.6 is 0 Å². The van der Waals surface area contributed by atoms with Gasteiger partial charge in [-0.3, -0.25) is 9.59 Å². The summed E-state index contributed by atoms with van der Waals surface area (Å²) in [5, 5.41) is 5.69. The fourth-order valence-electron chi connectivity index (χ4n) is 5.60. The number of hydrogen-bond acceptors (Lipinski definition) is 3. The van der Waals surface area contributed by atoms with E-state index in [0.29, 0.717) is 22.4 Å². The Morgan fingerprint density at radius 3 is 2.46 bits per heavy atom. The van der Waals surface area contributed by atoms with Crippen LogP contribution in [0.2, 0.25) is 0 Å². The third-order valence-corrected chi connectivity index (χ3v) is 8.26. The van der Waals surface area contributed by atoms with Crippen LogP contribution in [0.25, 0.3) is 11.0 Å². The summed E-state index contributed by atoms with van der Waals surface area (Å²) in [6, 6.07) is 4.18. The molecular weight excluding hydrogens is 495 g/mol. The van der Waals surface area contributed by atoms with E-state index in [1.54, 1.807) is 25.1 Å². The highest BCUT2D eigenvalue weighted by molar-refractivity contribution is 5.84. The zero-order valence-electron chi connectivity index (χ0n) is 20.6. The number of imidazole rings is 1. The highest BCUT2D eigenvalue weighted by Gasteiger charge is 2.66. The van der Waals surface area contributed by atoms with Gasteiger partial charge in [0.2, 0.25) is 17.7 Å². The van der Waals surface area contributed by atoms with Gasteiger partial charge in [-0.25, -0.2) is 13.8 Å². The van der Waals surface area contributed by atoms with Gasteiger partial charge in [0.25, 0.3) is 0 Å². The summed E-state index contributed by atoms with van der Waals surface area (Å²) in [5.74, 6) is -3.12. The monoisotopic (exact) mass is 526 g/mol. The van der Waals surface area contributed by atoms with Crippen LogP contribution in [0.4, 0.5) is 22.0 Å². The minimum atomic E-state index is -4.40. The molecule has 3 aliphatic carbocycles. The van der Waals surface area contributed by atoms with Crippen molar-refractivity contribution in [3.05, 3.63) is 29.6 Å². The summed E-state index contributed by atoms with van der Waals surface area (Å²) in [4.78, 5) is 32.8. The van der Waals surface area contributed by atoms with Gasteiger partial charge in [-0.2, -0.15) is 13.2 Å². The molecule has 3 aliphatic rings. The van der Waals surface area contributed by atoms with Gasteiger partial charge in [0.05, 0.1) is 29.5 Å².